The number of nitrogens with one attached hydrogen (secondary N) is 1. The van der Waals surface area contributed by atoms with Crippen LogP contribution in [0.5, 0.6) is 0 Å². The third-order valence-corrected chi connectivity index (χ3v) is 5.38. The van der Waals surface area contributed by atoms with Gasteiger partial charge in [-0.3, -0.25) is 9.59 Å². The smallest absolute Gasteiger partial charge is 0.272 e. The maximum Gasteiger partial charge on any atom is 0.272 e. The Morgan fingerprint density at radius 3 is 2.76 bits per heavy atom. The number of likely N-dealkylation sites (N-methyl/N-ethyl adjacent to an activating group) is 1. The molecule has 1 aromatic heterocycles. The number of aromatic nitrogens is 2. The fourth-order valence-corrected chi connectivity index (χ4v) is 3.85. The molecule has 2 aliphatic heterocycles. The number of aryl methyl sites for hydroxylation is 1. The number of anilines is 1. The Morgan fingerprint density at radius 2 is 2.03 bits per heavy atom. The van der Waals surface area contributed by atoms with Gasteiger partial charge >= 0.3 is 0 Å². The number of amides is 2. The van der Waals surface area contributed by atoms with Crippen LogP contribution in [0.1, 0.15) is 18.4 Å². The molecule has 0 radical (unpaired) electrons. The lowest BCUT2D eigenvalue weighted by atomic mass is 10.0. The molecule has 2 aromatic rings. The summed E-state index contributed by atoms with van der Waals surface area (Å²) in [5.74, 6) is -0.177. The second-order valence-electron chi connectivity index (χ2n) is 7.36. The number of benzene rings is 1. The van der Waals surface area contributed by atoms with Gasteiger partial charge in [0.05, 0.1) is 12.2 Å². The van der Waals surface area contributed by atoms with Crippen LogP contribution in [-0.4, -0.2) is 63.3 Å². The quantitative estimate of drug-likeness (QED) is 0.817. The first-order chi connectivity index (χ1) is 14.0. The van der Waals surface area contributed by atoms with Gasteiger partial charge in [-0.25, -0.2) is 0 Å². The Hall–Kier alpha value is -3.26. The lowest BCUT2D eigenvalue weighted by Gasteiger charge is -2.28. The maximum atomic E-state index is 12.5. The highest BCUT2D eigenvalue weighted by atomic mass is 16.3. The molecule has 2 amide bonds. The lowest BCUT2D eigenvalue weighted by Crippen LogP contribution is -2.38. The van der Waals surface area contributed by atoms with Crippen molar-refractivity contribution >= 4 is 17.6 Å². The molecule has 8 heteroatoms. The van der Waals surface area contributed by atoms with Crippen molar-refractivity contribution in [2.24, 2.45) is 0 Å². The van der Waals surface area contributed by atoms with Gasteiger partial charge in [-0.05, 0) is 37.5 Å². The second-order valence-corrected chi connectivity index (χ2v) is 7.36. The van der Waals surface area contributed by atoms with Crippen molar-refractivity contribution < 1.29 is 14.7 Å². The molecule has 0 spiro atoms. The average Bonchev–Trinajstić information content (AvgIpc) is 2.94. The van der Waals surface area contributed by atoms with Crippen LogP contribution in [0.3, 0.4) is 0 Å². The van der Waals surface area contributed by atoms with Crippen LogP contribution in [0.2, 0.25) is 0 Å². The van der Waals surface area contributed by atoms with Crippen molar-refractivity contribution in [2.45, 2.75) is 26.0 Å². The highest BCUT2D eigenvalue weighted by molar-refractivity contribution is 5.98. The van der Waals surface area contributed by atoms with Crippen molar-refractivity contribution in [3.63, 3.8) is 0 Å². The molecular weight excluding hydrogens is 370 g/mol. The van der Waals surface area contributed by atoms with Crippen molar-refractivity contribution in [1.29, 1.82) is 0 Å². The summed E-state index contributed by atoms with van der Waals surface area (Å²) in [6.07, 6.45) is 0.550. The van der Waals surface area contributed by atoms with Gasteiger partial charge in [-0.1, -0.05) is 24.3 Å². The molecule has 3 heterocycles. The van der Waals surface area contributed by atoms with E-state index >= 15 is 0 Å². The SMILES string of the molecule is Cc1ccccc1-c1ccc(NC(=O)CN2CCCC3=C2C(=O)N(C)C3O)nn1. The minimum Gasteiger partial charge on any atom is -0.369 e. The van der Waals surface area contributed by atoms with E-state index in [2.05, 4.69) is 15.5 Å². The summed E-state index contributed by atoms with van der Waals surface area (Å²) < 4.78 is 0. The Morgan fingerprint density at radius 1 is 1.24 bits per heavy atom. The topological polar surface area (TPSA) is 98.7 Å². The third-order valence-electron chi connectivity index (χ3n) is 5.38. The first kappa shape index (κ1) is 19.1. The molecular formula is C21H23N5O3. The summed E-state index contributed by atoms with van der Waals surface area (Å²) >= 11 is 0. The fourth-order valence-electron chi connectivity index (χ4n) is 3.85. The highest BCUT2D eigenvalue weighted by Crippen LogP contribution is 2.32. The van der Waals surface area contributed by atoms with Crippen LogP contribution in [0.25, 0.3) is 11.3 Å². The molecule has 29 heavy (non-hydrogen) atoms. The van der Waals surface area contributed by atoms with Gasteiger partial charge in [-0.15, -0.1) is 10.2 Å². The standard InChI is InChI=1S/C21H23N5O3/c1-13-6-3-4-7-14(13)16-9-10-17(24-23-16)22-18(27)12-26-11-5-8-15-19(26)21(29)25(2)20(15)28/h3-4,6-7,9-10,20,28H,5,8,11-12H2,1-2H3,(H,22,24,27). The number of hydrogen-bond acceptors (Lipinski definition) is 6. The molecule has 0 saturated heterocycles. The largest absolute Gasteiger partial charge is 0.369 e. The minimum absolute atomic E-state index is 0.0202. The van der Waals surface area contributed by atoms with Gasteiger partial charge in [0.1, 0.15) is 5.70 Å². The van der Waals surface area contributed by atoms with Crippen molar-refractivity contribution in [2.75, 3.05) is 25.5 Å². The number of aliphatic hydroxyl groups is 1. The van der Waals surface area contributed by atoms with Gasteiger partial charge in [0.15, 0.2) is 12.0 Å². The first-order valence-corrected chi connectivity index (χ1v) is 9.58. The van der Waals surface area contributed by atoms with Crippen LogP contribution in [0.4, 0.5) is 5.82 Å². The number of rotatable bonds is 4. The molecule has 1 unspecified atom stereocenters. The molecule has 8 nitrogen and oxygen atoms in total. The monoisotopic (exact) mass is 393 g/mol. The molecule has 2 N–H and O–H groups in total. The van der Waals surface area contributed by atoms with E-state index < -0.39 is 6.23 Å². The third kappa shape index (κ3) is 3.58. The van der Waals surface area contributed by atoms with Crippen LogP contribution >= 0.6 is 0 Å². The van der Waals surface area contributed by atoms with Crippen molar-refractivity contribution in [3.8, 4) is 11.3 Å². The maximum absolute atomic E-state index is 12.5. The predicted octanol–water partition coefficient (Wildman–Crippen LogP) is 1.53. The molecule has 150 valence electrons. The summed E-state index contributed by atoms with van der Waals surface area (Å²) in [4.78, 5) is 28.0. The summed E-state index contributed by atoms with van der Waals surface area (Å²) in [6.45, 7) is 2.62. The molecule has 0 aliphatic carbocycles. The predicted molar refractivity (Wildman–Crippen MR) is 107 cm³/mol. The molecule has 0 fully saturated rings. The summed E-state index contributed by atoms with van der Waals surface area (Å²) in [6, 6.07) is 11.4. The van der Waals surface area contributed by atoms with Crippen molar-refractivity contribution in [3.05, 3.63) is 53.2 Å². The van der Waals surface area contributed by atoms with Gasteiger partial charge in [0.2, 0.25) is 5.91 Å². The molecule has 1 aromatic carbocycles. The first-order valence-electron chi connectivity index (χ1n) is 9.58. The summed E-state index contributed by atoms with van der Waals surface area (Å²) in [7, 11) is 1.56. The second kappa shape index (κ2) is 7.63. The Kier molecular flexibility index (Phi) is 5.02. The molecule has 2 aliphatic rings. The zero-order chi connectivity index (χ0) is 20.5. The zero-order valence-electron chi connectivity index (χ0n) is 16.4. The normalized spacial score (nSPS) is 18.9. The van der Waals surface area contributed by atoms with E-state index in [9.17, 15) is 14.7 Å². The highest BCUT2D eigenvalue weighted by Gasteiger charge is 2.40. The van der Waals surface area contributed by atoms with Gasteiger partial charge < -0.3 is 20.2 Å². The molecule has 4 rings (SSSR count). The van der Waals surface area contributed by atoms with E-state index in [-0.39, 0.29) is 18.4 Å². The number of nitrogens with zero attached hydrogens (tertiary/aromatic N) is 4. The summed E-state index contributed by atoms with van der Waals surface area (Å²) in [5.41, 5.74) is 3.97. The van der Waals surface area contributed by atoms with Crippen LogP contribution in [0.15, 0.2) is 47.7 Å². The molecule has 0 bridgehead atoms. The van der Waals surface area contributed by atoms with Crippen molar-refractivity contribution in [1.82, 2.24) is 20.0 Å². The van der Waals surface area contributed by atoms with Crippen LogP contribution < -0.4 is 5.32 Å². The van der Waals surface area contributed by atoms with E-state index in [1.54, 1.807) is 18.0 Å². The number of carbonyl (C=O) groups is 2. The Balaban J connectivity index is 1.44. The van der Waals surface area contributed by atoms with E-state index in [0.29, 0.717) is 30.1 Å². The number of carbonyl (C=O) groups excluding carboxylic acids is 2. The van der Waals surface area contributed by atoms with E-state index in [1.807, 2.05) is 37.3 Å². The van der Waals surface area contributed by atoms with Gasteiger partial charge in [0.25, 0.3) is 5.91 Å². The fraction of sp³-hybridized carbons (Fsp3) is 0.333. The Bertz CT molecular complexity index is 986. The lowest BCUT2D eigenvalue weighted by molar-refractivity contribution is -0.131. The van der Waals surface area contributed by atoms with Gasteiger partial charge in [-0.2, -0.15) is 0 Å². The zero-order valence-corrected chi connectivity index (χ0v) is 16.4. The molecule has 1 atom stereocenters. The van der Waals surface area contributed by atoms with Gasteiger partial charge in [0, 0.05) is 24.7 Å². The summed E-state index contributed by atoms with van der Waals surface area (Å²) in [5, 5.41) is 21.2. The van der Waals surface area contributed by atoms with E-state index in [0.717, 1.165) is 23.2 Å². The van der Waals surface area contributed by atoms with Crippen LogP contribution in [-0.2, 0) is 9.59 Å². The number of aliphatic hydroxyl groups excluding tert-OH is 1. The Labute approximate surface area is 168 Å². The van der Waals surface area contributed by atoms with Crippen LogP contribution in [0, 0.1) is 6.92 Å². The molecule has 0 saturated carbocycles. The van der Waals surface area contributed by atoms with E-state index in [4.69, 9.17) is 0 Å². The van der Waals surface area contributed by atoms with E-state index in [1.165, 1.54) is 4.90 Å². The minimum atomic E-state index is -0.900. The number of hydrogen-bond donors (Lipinski definition) is 2. The average molecular weight is 393 g/mol.